The standard InChI is InChI=1S/C17H15NO2S2/c19-17(6-5-14-3-2-9-22-14)18-11-15(13-7-10-21-12-13)16-4-1-8-20-16/h1-10,12,15H,11H2,(H,18,19). The molecule has 0 fully saturated rings. The van der Waals surface area contributed by atoms with Crippen molar-refractivity contribution >= 4 is 34.7 Å². The lowest BCUT2D eigenvalue weighted by Gasteiger charge is -2.13. The molecule has 1 N–H and O–H groups in total. The van der Waals surface area contributed by atoms with E-state index in [1.54, 1.807) is 35.0 Å². The average Bonchev–Trinajstić information content (AvgIpc) is 3.27. The Bertz CT molecular complexity index is 679. The topological polar surface area (TPSA) is 42.2 Å². The van der Waals surface area contributed by atoms with Crippen LogP contribution in [0.3, 0.4) is 0 Å². The number of nitrogens with one attached hydrogen (secondary N) is 1. The first-order chi connectivity index (χ1) is 10.8. The predicted octanol–water partition coefficient (Wildman–Crippen LogP) is 4.36. The van der Waals surface area contributed by atoms with Crippen molar-refractivity contribution in [2.75, 3.05) is 6.54 Å². The molecule has 3 aromatic heterocycles. The smallest absolute Gasteiger partial charge is 0.244 e. The van der Waals surface area contributed by atoms with Gasteiger partial charge in [-0.25, -0.2) is 0 Å². The summed E-state index contributed by atoms with van der Waals surface area (Å²) in [5, 5.41) is 9.05. The Labute approximate surface area is 136 Å². The van der Waals surface area contributed by atoms with Crippen molar-refractivity contribution in [2.24, 2.45) is 0 Å². The SMILES string of the molecule is O=C(C=Cc1cccs1)NCC(c1ccsc1)c1ccco1. The van der Waals surface area contributed by atoms with E-state index in [1.165, 1.54) is 0 Å². The molecule has 0 aliphatic heterocycles. The number of hydrogen-bond donors (Lipinski definition) is 1. The van der Waals surface area contributed by atoms with Crippen LogP contribution >= 0.6 is 22.7 Å². The number of thiophene rings is 2. The summed E-state index contributed by atoms with van der Waals surface area (Å²) in [5.41, 5.74) is 1.16. The summed E-state index contributed by atoms with van der Waals surface area (Å²) in [6, 6.07) is 9.81. The molecule has 112 valence electrons. The van der Waals surface area contributed by atoms with Crippen molar-refractivity contribution in [1.29, 1.82) is 0 Å². The van der Waals surface area contributed by atoms with E-state index in [-0.39, 0.29) is 11.8 Å². The third kappa shape index (κ3) is 3.75. The molecule has 3 aromatic rings. The van der Waals surface area contributed by atoms with Gasteiger partial charge in [0.1, 0.15) is 5.76 Å². The summed E-state index contributed by atoms with van der Waals surface area (Å²) in [6.07, 6.45) is 5.05. The second kappa shape index (κ2) is 7.24. The zero-order valence-corrected chi connectivity index (χ0v) is 13.4. The van der Waals surface area contributed by atoms with Crippen LogP contribution in [0.25, 0.3) is 6.08 Å². The van der Waals surface area contributed by atoms with Gasteiger partial charge in [-0.3, -0.25) is 4.79 Å². The van der Waals surface area contributed by atoms with Gasteiger partial charge >= 0.3 is 0 Å². The number of carbonyl (C=O) groups excluding carboxylic acids is 1. The monoisotopic (exact) mass is 329 g/mol. The van der Waals surface area contributed by atoms with E-state index in [2.05, 4.69) is 16.8 Å². The van der Waals surface area contributed by atoms with Crippen LogP contribution in [0.5, 0.6) is 0 Å². The van der Waals surface area contributed by atoms with Gasteiger partial charge in [-0.1, -0.05) is 6.07 Å². The molecule has 22 heavy (non-hydrogen) atoms. The van der Waals surface area contributed by atoms with Crippen molar-refractivity contribution in [1.82, 2.24) is 5.32 Å². The predicted molar refractivity (Wildman–Crippen MR) is 91.2 cm³/mol. The first-order valence-electron chi connectivity index (χ1n) is 6.88. The number of amides is 1. The van der Waals surface area contributed by atoms with Gasteiger partial charge in [0, 0.05) is 17.5 Å². The van der Waals surface area contributed by atoms with E-state index in [4.69, 9.17) is 4.42 Å². The van der Waals surface area contributed by atoms with E-state index in [9.17, 15) is 4.79 Å². The second-order valence-electron chi connectivity index (χ2n) is 4.72. The van der Waals surface area contributed by atoms with Gasteiger partial charge in [0.2, 0.25) is 5.91 Å². The van der Waals surface area contributed by atoms with E-state index in [1.807, 2.05) is 41.1 Å². The Morgan fingerprint density at radius 2 is 2.23 bits per heavy atom. The average molecular weight is 329 g/mol. The van der Waals surface area contributed by atoms with Crippen LogP contribution < -0.4 is 5.32 Å². The molecule has 3 rings (SSSR count). The van der Waals surface area contributed by atoms with Gasteiger partial charge < -0.3 is 9.73 Å². The highest BCUT2D eigenvalue weighted by atomic mass is 32.1. The van der Waals surface area contributed by atoms with Crippen molar-refractivity contribution in [2.45, 2.75) is 5.92 Å². The third-order valence-electron chi connectivity index (χ3n) is 3.25. The van der Waals surface area contributed by atoms with Gasteiger partial charge in [0.05, 0.1) is 12.2 Å². The Morgan fingerprint density at radius 1 is 1.27 bits per heavy atom. The number of hydrogen-bond acceptors (Lipinski definition) is 4. The zero-order chi connectivity index (χ0) is 15.2. The molecule has 0 saturated heterocycles. The number of carbonyl (C=O) groups is 1. The van der Waals surface area contributed by atoms with E-state index in [0.717, 1.165) is 16.2 Å². The molecule has 0 spiro atoms. The summed E-state index contributed by atoms with van der Waals surface area (Å²) < 4.78 is 5.51. The first kappa shape index (κ1) is 14.8. The lowest BCUT2D eigenvalue weighted by atomic mass is 9.99. The van der Waals surface area contributed by atoms with Crippen LogP contribution in [0, 0.1) is 0 Å². The maximum atomic E-state index is 12.0. The molecule has 1 atom stereocenters. The highest BCUT2D eigenvalue weighted by molar-refractivity contribution is 7.10. The molecule has 0 aliphatic rings. The minimum atomic E-state index is -0.0971. The number of furan rings is 1. The van der Waals surface area contributed by atoms with Gasteiger partial charge in [0.25, 0.3) is 0 Å². The maximum absolute atomic E-state index is 12.0. The lowest BCUT2D eigenvalue weighted by molar-refractivity contribution is -0.116. The highest BCUT2D eigenvalue weighted by Gasteiger charge is 2.17. The molecule has 0 radical (unpaired) electrons. The Balaban J connectivity index is 1.63. The lowest BCUT2D eigenvalue weighted by Crippen LogP contribution is -2.27. The molecule has 0 aromatic carbocycles. The van der Waals surface area contributed by atoms with Gasteiger partial charge in [-0.2, -0.15) is 11.3 Å². The fourth-order valence-electron chi connectivity index (χ4n) is 2.15. The fourth-order valence-corrected chi connectivity index (χ4v) is 3.48. The van der Waals surface area contributed by atoms with Crippen molar-refractivity contribution < 1.29 is 9.21 Å². The maximum Gasteiger partial charge on any atom is 0.244 e. The first-order valence-corrected chi connectivity index (χ1v) is 8.70. The van der Waals surface area contributed by atoms with E-state index in [0.29, 0.717) is 6.54 Å². The van der Waals surface area contributed by atoms with E-state index >= 15 is 0 Å². The van der Waals surface area contributed by atoms with Crippen LogP contribution in [-0.4, -0.2) is 12.5 Å². The largest absolute Gasteiger partial charge is 0.469 e. The van der Waals surface area contributed by atoms with Crippen LogP contribution in [0.4, 0.5) is 0 Å². The minimum Gasteiger partial charge on any atom is -0.469 e. The van der Waals surface area contributed by atoms with Gasteiger partial charge in [0.15, 0.2) is 0 Å². The summed E-state index contributed by atoms with van der Waals surface area (Å²) in [6.45, 7) is 0.512. The highest BCUT2D eigenvalue weighted by Crippen LogP contribution is 2.26. The fraction of sp³-hybridized carbons (Fsp3) is 0.118. The second-order valence-corrected chi connectivity index (χ2v) is 6.48. The molecule has 1 amide bonds. The molecule has 3 nitrogen and oxygen atoms in total. The van der Waals surface area contributed by atoms with Crippen molar-refractivity contribution in [3.63, 3.8) is 0 Å². The minimum absolute atomic E-state index is 0.0420. The molecule has 3 heterocycles. The zero-order valence-electron chi connectivity index (χ0n) is 11.8. The van der Waals surface area contributed by atoms with Crippen LogP contribution in [-0.2, 0) is 4.79 Å². The van der Waals surface area contributed by atoms with Crippen LogP contribution in [0.15, 0.2) is 63.2 Å². The third-order valence-corrected chi connectivity index (χ3v) is 4.79. The quantitative estimate of drug-likeness (QED) is 0.683. The molecule has 0 bridgehead atoms. The van der Waals surface area contributed by atoms with E-state index < -0.39 is 0 Å². The molecular formula is C17H15NO2S2. The van der Waals surface area contributed by atoms with Crippen LogP contribution in [0.1, 0.15) is 22.1 Å². The molecule has 0 saturated carbocycles. The molecule has 1 unspecified atom stereocenters. The summed E-state index contributed by atoms with van der Waals surface area (Å²) in [4.78, 5) is 13.0. The molecular weight excluding hydrogens is 314 g/mol. The Hall–Kier alpha value is -2.11. The van der Waals surface area contributed by atoms with Gasteiger partial charge in [-0.15, -0.1) is 11.3 Å². The Morgan fingerprint density at radius 3 is 2.91 bits per heavy atom. The van der Waals surface area contributed by atoms with Crippen molar-refractivity contribution in [3.05, 3.63) is 75.0 Å². The summed E-state index contributed by atoms with van der Waals surface area (Å²) in [5.74, 6) is 0.807. The molecule has 0 aliphatic carbocycles. The summed E-state index contributed by atoms with van der Waals surface area (Å²) in [7, 11) is 0. The van der Waals surface area contributed by atoms with Crippen LogP contribution in [0.2, 0.25) is 0 Å². The number of rotatable bonds is 6. The van der Waals surface area contributed by atoms with Crippen molar-refractivity contribution in [3.8, 4) is 0 Å². The normalized spacial score (nSPS) is 12.5. The molecule has 5 heteroatoms. The van der Waals surface area contributed by atoms with Gasteiger partial charge in [-0.05, 0) is 52.0 Å². The summed E-state index contributed by atoms with van der Waals surface area (Å²) >= 11 is 3.25. The Kier molecular flexibility index (Phi) is 4.88.